The molecule has 6 heteroatoms. The molecular formula is C12H12N4O2. The van der Waals surface area contributed by atoms with Crippen LogP contribution in [0.4, 0.5) is 11.6 Å². The van der Waals surface area contributed by atoms with Crippen molar-refractivity contribution < 1.29 is 9.53 Å². The molecule has 0 spiro atoms. The lowest BCUT2D eigenvalue weighted by atomic mass is 10.3. The van der Waals surface area contributed by atoms with Crippen LogP contribution in [0, 0.1) is 0 Å². The van der Waals surface area contributed by atoms with Gasteiger partial charge in [0, 0.05) is 30.9 Å². The van der Waals surface area contributed by atoms with E-state index < -0.39 is 0 Å². The summed E-state index contributed by atoms with van der Waals surface area (Å²) >= 11 is 0. The average molecular weight is 244 g/mol. The topological polar surface area (TPSA) is 90.1 Å². The normalized spacial score (nSPS) is 9.83. The molecule has 1 aromatic heterocycles. The van der Waals surface area contributed by atoms with Crippen LogP contribution in [0.2, 0.25) is 0 Å². The van der Waals surface area contributed by atoms with E-state index in [1.807, 2.05) is 0 Å². The van der Waals surface area contributed by atoms with Crippen molar-refractivity contribution in [1.29, 1.82) is 0 Å². The summed E-state index contributed by atoms with van der Waals surface area (Å²) in [7, 11) is 0. The highest BCUT2D eigenvalue weighted by Crippen LogP contribution is 2.22. The predicted octanol–water partition coefficient (Wildman–Crippen LogP) is 1.81. The van der Waals surface area contributed by atoms with Gasteiger partial charge in [0.1, 0.15) is 5.75 Å². The summed E-state index contributed by atoms with van der Waals surface area (Å²) in [6.45, 7) is 1.44. The summed E-state index contributed by atoms with van der Waals surface area (Å²) in [4.78, 5) is 18.6. The molecule has 0 bridgehead atoms. The molecule has 1 aromatic carbocycles. The Balaban J connectivity index is 2.16. The maximum absolute atomic E-state index is 10.9. The first-order chi connectivity index (χ1) is 8.63. The van der Waals surface area contributed by atoms with E-state index >= 15 is 0 Å². The van der Waals surface area contributed by atoms with Gasteiger partial charge in [0.2, 0.25) is 17.7 Å². The number of carbonyl (C=O) groups excluding carboxylic acids is 1. The van der Waals surface area contributed by atoms with Gasteiger partial charge >= 0.3 is 0 Å². The number of amides is 1. The summed E-state index contributed by atoms with van der Waals surface area (Å²) in [6.07, 6.45) is 1.51. The zero-order valence-electron chi connectivity index (χ0n) is 9.75. The molecule has 18 heavy (non-hydrogen) atoms. The molecule has 2 rings (SSSR count). The molecular weight excluding hydrogens is 232 g/mol. The van der Waals surface area contributed by atoms with Crippen molar-refractivity contribution in [1.82, 2.24) is 9.97 Å². The molecule has 0 fully saturated rings. The third kappa shape index (κ3) is 3.18. The van der Waals surface area contributed by atoms with Crippen LogP contribution in [0.3, 0.4) is 0 Å². The van der Waals surface area contributed by atoms with E-state index in [9.17, 15) is 4.79 Å². The van der Waals surface area contributed by atoms with E-state index in [-0.39, 0.29) is 11.9 Å². The number of anilines is 2. The molecule has 0 radical (unpaired) electrons. The van der Waals surface area contributed by atoms with Crippen LogP contribution in [0.25, 0.3) is 0 Å². The van der Waals surface area contributed by atoms with Gasteiger partial charge in [-0.15, -0.1) is 0 Å². The number of carbonyl (C=O) groups is 1. The van der Waals surface area contributed by atoms with Gasteiger partial charge in [0.05, 0.1) is 0 Å². The maximum Gasteiger partial charge on any atom is 0.224 e. The van der Waals surface area contributed by atoms with Crippen molar-refractivity contribution in [3.8, 4) is 11.6 Å². The molecule has 3 N–H and O–H groups in total. The maximum atomic E-state index is 10.9. The van der Waals surface area contributed by atoms with Crippen molar-refractivity contribution in [2.24, 2.45) is 0 Å². The third-order valence-corrected chi connectivity index (χ3v) is 2.03. The van der Waals surface area contributed by atoms with Gasteiger partial charge in [-0.05, 0) is 12.1 Å². The average Bonchev–Trinajstić information content (AvgIpc) is 2.28. The standard InChI is InChI=1S/C12H12N4O2/c1-8(17)15-9-3-2-4-10(7-9)18-11-5-6-14-12(13)16-11/h2-7H,1H3,(H,15,17)(H2,13,14,16). The largest absolute Gasteiger partial charge is 0.439 e. The Labute approximate surface area is 104 Å². The zero-order chi connectivity index (χ0) is 13.0. The number of rotatable bonds is 3. The van der Waals surface area contributed by atoms with E-state index in [2.05, 4.69) is 15.3 Å². The minimum absolute atomic E-state index is 0.140. The van der Waals surface area contributed by atoms with Gasteiger partial charge in [-0.1, -0.05) is 6.07 Å². The van der Waals surface area contributed by atoms with Gasteiger partial charge in [0.15, 0.2) is 0 Å². The number of hydrogen-bond acceptors (Lipinski definition) is 5. The molecule has 0 aliphatic heterocycles. The van der Waals surface area contributed by atoms with Crippen LogP contribution in [0.5, 0.6) is 11.6 Å². The minimum atomic E-state index is -0.140. The number of nitrogens with zero attached hydrogens (tertiary/aromatic N) is 2. The molecule has 6 nitrogen and oxygen atoms in total. The number of aromatic nitrogens is 2. The van der Waals surface area contributed by atoms with E-state index in [1.54, 1.807) is 30.3 Å². The van der Waals surface area contributed by atoms with Crippen LogP contribution < -0.4 is 15.8 Å². The third-order valence-electron chi connectivity index (χ3n) is 2.03. The molecule has 0 aliphatic carbocycles. The summed E-state index contributed by atoms with van der Waals surface area (Å²) in [5.74, 6) is 0.908. The van der Waals surface area contributed by atoms with Gasteiger partial charge in [-0.3, -0.25) is 4.79 Å². The van der Waals surface area contributed by atoms with Crippen molar-refractivity contribution >= 4 is 17.5 Å². The number of ether oxygens (including phenoxy) is 1. The molecule has 0 aliphatic rings. The van der Waals surface area contributed by atoms with Crippen LogP contribution in [-0.4, -0.2) is 15.9 Å². The molecule has 1 heterocycles. The van der Waals surface area contributed by atoms with Crippen LogP contribution in [0.1, 0.15) is 6.92 Å². The van der Waals surface area contributed by atoms with E-state index in [1.165, 1.54) is 13.1 Å². The highest BCUT2D eigenvalue weighted by molar-refractivity contribution is 5.88. The van der Waals surface area contributed by atoms with Crippen molar-refractivity contribution in [2.45, 2.75) is 6.92 Å². The van der Waals surface area contributed by atoms with Crippen molar-refractivity contribution in [3.05, 3.63) is 36.5 Å². The highest BCUT2D eigenvalue weighted by atomic mass is 16.5. The SMILES string of the molecule is CC(=O)Nc1cccc(Oc2ccnc(N)n2)c1. The minimum Gasteiger partial charge on any atom is -0.439 e. The first-order valence-electron chi connectivity index (χ1n) is 5.27. The molecule has 0 saturated heterocycles. The number of benzene rings is 1. The number of nitrogens with one attached hydrogen (secondary N) is 1. The Bertz CT molecular complexity index is 572. The van der Waals surface area contributed by atoms with Gasteiger partial charge in [-0.2, -0.15) is 4.98 Å². The second kappa shape index (κ2) is 5.13. The van der Waals surface area contributed by atoms with Crippen LogP contribution in [0.15, 0.2) is 36.5 Å². The van der Waals surface area contributed by atoms with Gasteiger partial charge in [0.25, 0.3) is 0 Å². The highest BCUT2D eigenvalue weighted by Gasteiger charge is 2.02. The second-order valence-electron chi connectivity index (χ2n) is 3.56. The molecule has 0 saturated carbocycles. The molecule has 1 amide bonds. The molecule has 0 unspecified atom stereocenters. The van der Waals surface area contributed by atoms with E-state index in [4.69, 9.17) is 10.5 Å². The Morgan fingerprint density at radius 3 is 2.94 bits per heavy atom. The number of nitrogens with two attached hydrogens (primary N) is 1. The fraction of sp³-hybridized carbons (Fsp3) is 0.0833. The Morgan fingerprint density at radius 2 is 2.22 bits per heavy atom. The predicted molar refractivity (Wildman–Crippen MR) is 67.3 cm³/mol. The zero-order valence-corrected chi connectivity index (χ0v) is 9.75. The van der Waals surface area contributed by atoms with Gasteiger partial charge in [-0.25, -0.2) is 4.98 Å². The van der Waals surface area contributed by atoms with E-state index in [0.717, 1.165) is 0 Å². The second-order valence-corrected chi connectivity index (χ2v) is 3.56. The first-order valence-corrected chi connectivity index (χ1v) is 5.27. The Hall–Kier alpha value is -2.63. The quantitative estimate of drug-likeness (QED) is 0.859. The summed E-state index contributed by atoms with van der Waals surface area (Å²) in [6, 6.07) is 8.58. The lowest BCUT2D eigenvalue weighted by molar-refractivity contribution is -0.114. The fourth-order valence-electron chi connectivity index (χ4n) is 1.37. The smallest absolute Gasteiger partial charge is 0.224 e. The lowest BCUT2D eigenvalue weighted by Gasteiger charge is -2.07. The Kier molecular flexibility index (Phi) is 3.38. The summed E-state index contributed by atoms with van der Waals surface area (Å²) < 4.78 is 5.50. The first kappa shape index (κ1) is 11.8. The van der Waals surface area contributed by atoms with Crippen molar-refractivity contribution in [3.63, 3.8) is 0 Å². The van der Waals surface area contributed by atoms with Crippen LogP contribution >= 0.6 is 0 Å². The molecule has 92 valence electrons. The number of hydrogen-bond donors (Lipinski definition) is 2. The van der Waals surface area contributed by atoms with Crippen LogP contribution in [-0.2, 0) is 4.79 Å². The van der Waals surface area contributed by atoms with Gasteiger partial charge < -0.3 is 15.8 Å². The molecule has 0 atom stereocenters. The Morgan fingerprint density at radius 1 is 1.39 bits per heavy atom. The van der Waals surface area contributed by atoms with Crippen molar-refractivity contribution in [2.75, 3.05) is 11.1 Å². The molecule has 2 aromatic rings. The monoisotopic (exact) mass is 244 g/mol. The summed E-state index contributed by atoms with van der Waals surface area (Å²) in [5.41, 5.74) is 6.10. The summed E-state index contributed by atoms with van der Waals surface area (Å²) in [5, 5.41) is 2.67. The lowest BCUT2D eigenvalue weighted by Crippen LogP contribution is -2.05. The van der Waals surface area contributed by atoms with E-state index in [0.29, 0.717) is 17.3 Å². The number of nitrogen functional groups attached to an aromatic ring is 1. The fourth-order valence-corrected chi connectivity index (χ4v) is 1.37.